The van der Waals surface area contributed by atoms with Gasteiger partial charge in [0.15, 0.2) is 0 Å². The molecular weight excluding hydrogens is 190 g/mol. The lowest BCUT2D eigenvalue weighted by atomic mass is 10.0. The average molecular weight is 209 g/mol. The zero-order chi connectivity index (χ0) is 11.3. The molecule has 0 amide bonds. The standard InChI is InChI=1S/C12H19NO2/c1-3-11(13)10-6-4-5-7-12(10)15-8-9(2)14/h4-7,9,11,14H,3,8,13H2,1-2H3. The summed E-state index contributed by atoms with van der Waals surface area (Å²) in [5, 5.41) is 9.14. The van der Waals surface area contributed by atoms with Gasteiger partial charge in [0.1, 0.15) is 12.4 Å². The van der Waals surface area contributed by atoms with E-state index in [0.29, 0.717) is 6.61 Å². The van der Waals surface area contributed by atoms with Crippen LogP contribution in [-0.2, 0) is 0 Å². The predicted octanol–water partition coefficient (Wildman–Crippen LogP) is 1.86. The van der Waals surface area contributed by atoms with Gasteiger partial charge >= 0.3 is 0 Å². The average Bonchev–Trinajstić information content (AvgIpc) is 2.25. The van der Waals surface area contributed by atoms with Crippen molar-refractivity contribution in [3.05, 3.63) is 29.8 Å². The molecule has 1 rings (SSSR count). The van der Waals surface area contributed by atoms with Crippen LogP contribution in [0.2, 0.25) is 0 Å². The van der Waals surface area contributed by atoms with E-state index in [2.05, 4.69) is 0 Å². The molecule has 0 radical (unpaired) electrons. The molecule has 0 bridgehead atoms. The van der Waals surface area contributed by atoms with Gasteiger partial charge in [0, 0.05) is 11.6 Å². The van der Waals surface area contributed by atoms with E-state index < -0.39 is 6.10 Å². The lowest BCUT2D eigenvalue weighted by molar-refractivity contribution is 0.122. The summed E-state index contributed by atoms with van der Waals surface area (Å²) >= 11 is 0. The highest BCUT2D eigenvalue weighted by molar-refractivity contribution is 5.35. The highest BCUT2D eigenvalue weighted by Crippen LogP contribution is 2.25. The molecular formula is C12H19NO2. The number of benzene rings is 1. The Kier molecular flexibility index (Phi) is 4.59. The van der Waals surface area contributed by atoms with Crippen molar-refractivity contribution >= 4 is 0 Å². The largest absolute Gasteiger partial charge is 0.491 e. The third-order valence-electron chi connectivity index (χ3n) is 2.24. The molecule has 84 valence electrons. The third kappa shape index (κ3) is 3.53. The fourth-order valence-electron chi connectivity index (χ4n) is 1.35. The minimum Gasteiger partial charge on any atom is -0.491 e. The van der Waals surface area contributed by atoms with Crippen molar-refractivity contribution in [1.82, 2.24) is 0 Å². The van der Waals surface area contributed by atoms with Crippen molar-refractivity contribution in [1.29, 1.82) is 0 Å². The Morgan fingerprint density at radius 1 is 1.40 bits per heavy atom. The molecule has 3 nitrogen and oxygen atoms in total. The summed E-state index contributed by atoms with van der Waals surface area (Å²) in [5.74, 6) is 0.771. The molecule has 0 aromatic heterocycles. The molecule has 2 unspecified atom stereocenters. The normalized spacial score (nSPS) is 14.7. The van der Waals surface area contributed by atoms with Gasteiger partial charge in [-0.15, -0.1) is 0 Å². The summed E-state index contributed by atoms with van der Waals surface area (Å²) in [6.45, 7) is 4.03. The Bertz CT molecular complexity index is 299. The second kappa shape index (κ2) is 5.73. The smallest absolute Gasteiger partial charge is 0.124 e. The fraction of sp³-hybridized carbons (Fsp3) is 0.500. The molecule has 0 aliphatic rings. The van der Waals surface area contributed by atoms with Gasteiger partial charge in [0.05, 0.1) is 6.10 Å². The molecule has 3 heteroatoms. The molecule has 0 heterocycles. The van der Waals surface area contributed by atoms with Gasteiger partial charge in [-0.25, -0.2) is 0 Å². The molecule has 15 heavy (non-hydrogen) atoms. The number of para-hydroxylation sites is 1. The zero-order valence-electron chi connectivity index (χ0n) is 9.31. The predicted molar refractivity (Wildman–Crippen MR) is 60.8 cm³/mol. The van der Waals surface area contributed by atoms with Gasteiger partial charge in [-0.2, -0.15) is 0 Å². The first-order chi connectivity index (χ1) is 7.15. The maximum absolute atomic E-state index is 9.14. The van der Waals surface area contributed by atoms with Gasteiger partial charge < -0.3 is 15.6 Å². The van der Waals surface area contributed by atoms with Crippen molar-refractivity contribution in [3.63, 3.8) is 0 Å². The zero-order valence-corrected chi connectivity index (χ0v) is 9.31. The van der Waals surface area contributed by atoms with Crippen LogP contribution in [0.25, 0.3) is 0 Å². The minimum absolute atomic E-state index is 0.00445. The second-order valence-electron chi connectivity index (χ2n) is 3.71. The molecule has 0 spiro atoms. The highest BCUT2D eigenvalue weighted by Gasteiger charge is 2.10. The Morgan fingerprint density at radius 3 is 2.67 bits per heavy atom. The lowest BCUT2D eigenvalue weighted by Crippen LogP contribution is -2.16. The third-order valence-corrected chi connectivity index (χ3v) is 2.24. The van der Waals surface area contributed by atoms with E-state index in [-0.39, 0.29) is 6.04 Å². The van der Waals surface area contributed by atoms with E-state index in [1.165, 1.54) is 0 Å². The van der Waals surface area contributed by atoms with Crippen LogP contribution < -0.4 is 10.5 Å². The maximum Gasteiger partial charge on any atom is 0.124 e. The van der Waals surface area contributed by atoms with E-state index in [1.807, 2.05) is 31.2 Å². The second-order valence-corrected chi connectivity index (χ2v) is 3.71. The van der Waals surface area contributed by atoms with Crippen LogP contribution in [0, 0.1) is 0 Å². The van der Waals surface area contributed by atoms with E-state index in [4.69, 9.17) is 15.6 Å². The van der Waals surface area contributed by atoms with Crippen LogP contribution in [0.15, 0.2) is 24.3 Å². The first-order valence-electron chi connectivity index (χ1n) is 5.30. The Labute approximate surface area is 90.9 Å². The first-order valence-corrected chi connectivity index (χ1v) is 5.30. The number of rotatable bonds is 5. The molecule has 2 atom stereocenters. The monoisotopic (exact) mass is 209 g/mol. The van der Waals surface area contributed by atoms with Crippen molar-refractivity contribution < 1.29 is 9.84 Å². The number of aliphatic hydroxyl groups is 1. The SMILES string of the molecule is CCC(N)c1ccccc1OCC(C)O. The van der Waals surface area contributed by atoms with E-state index in [1.54, 1.807) is 6.92 Å². The van der Waals surface area contributed by atoms with Gasteiger partial charge in [-0.1, -0.05) is 25.1 Å². The number of aliphatic hydroxyl groups excluding tert-OH is 1. The summed E-state index contributed by atoms with van der Waals surface area (Å²) in [5.41, 5.74) is 6.96. The van der Waals surface area contributed by atoms with Crippen LogP contribution in [-0.4, -0.2) is 17.8 Å². The molecule has 0 fully saturated rings. The lowest BCUT2D eigenvalue weighted by Gasteiger charge is -2.16. The fourth-order valence-corrected chi connectivity index (χ4v) is 1.35. The van der Waals surface area contributed by atoms with Crippen LogP contribution in [0.3, 0.4) is 0 Å². The molecule has 0 saturated carbocycles. The summed E-state index contributed by atoms with van der Waals surface area (Å²) in [6.07, 6.45) is 0.408. The first kappa shape index (κ1) is 12.0. The number of hydrogen-bond donors (Lipinski definition) is 2. The van der Waals surface area contributed by atoms with Gasteiger partial charge in [-0.05, 0) is 19.4 Å². The maximum atomic E-state index is 9.14. The van der Waals surface area contributed by atoms with Gasteiger partial charge in [0.25, 0.3) is 0 Å². The molecule has 3 N–H and O–H groups in total. The molecule has 0 aliphatic carbocycles. The summed E-state index contributed by atoms with van der Waals surface area (Å²) in [4.78, 5) is 0. The van der Waals surface area contributed by atoms with Crippen LogP contribution in [0.5, 0.6) is 5.75 Å². The van der Waals surface area contributed by atoms with E-state index >= 15 is 0 Å². The Balaban J connectivity index is 2.77. The van der Waals surface area contributed by atoms with E-state index in [0.717, 1.165) is 17.7 Å². The number of ether oxygens (including phenoxy) is 1. The Morgan fingerprint density at radius 2 is 2.07 bits per heavy atom. The summed E-state index contributed by atoms with van der Waals surface area (Å²) < 4.78 is 5.49. The topological polar surface area (TPSA) is 55.5 Å². The van der Waals surface area contributed by atoms with Crippen molar-refractivity contribution in [2.75, 3.05) is 6.61 Å². The van der Waals surface area contributed by atoms with E-state index in [9.17, 15) is 0 Å². The molecule has 0 aliphatic heterocycles. The Hall–Kier alpha value is -1.06. The van der Waals surface area contributed by atoms with Crippen LogP contribution >= 0.6 is 0 Å². The molecule has 0 saturated heterocycles. The number of hydrogen-bond acceptors (Lipinski definition) is 3. The molecule has 1 aromatic rings. The minimum atomic E-state index is -0.462. The highest BCUT2D eigenvalue weighted by atomic mass is 16.5. The van der Waals surface area contributed by atoms with Crippen molar-refractivity contribution in [2.24, 2.45) is 5.73 Å². The quantitative estimate of drug-likeness (QED) is 0.778. The molecule has 1 aromatic carbocycles. The van der Waals surface area contributed by atoms with Crippen LogP contribution in [0.1, 0.15) is 31.9 Å². The van der Waals surface area contributed by atoms with Gasteiger partial charge in [-0.3, -0.25) is 0 Å². The van der Waals surface area contributed by atoms with Crippen LogP contribution in [0.4, 0.5) is 0 Å². The van der Waals surface area contributed by atoms with Crippen molar-refractivity contribution in [2.45, 2.75) is 32.4 Å². The number of nitrogens with two attached hydrogens (primary N) is 1. The van der Waals surface area contributed by atoms with Crippen molar-refractivity contribution in [3.8, 4) is 5.75 Å². The summed E-state index contributed by atoms with van der Waals surface area (Å²) in [7, 11) is 0. The summed E-state index contributed by atoms with van der Waals surface area (Å²) in [6, 6.07) is 7.69. The van der Waals surface area contributed by atoms with Gasteiger partial charge in [0.2, 0.25) is 0 Å².